The standard InChI is InChI=1S/C14H17F3N2O/c15-14(16,17)7-1-2-13(20)19-8-10-3-5-11(6-4-10)12-9-18-12/h3-6,12,18H,1-2,7-9H2,(H,19,20). The highest BCUT2D eigenvalue weighted by Gasteiger charge is 2.26. The van der Waals surface area contributed by atoms with Gasteiger partial charge in [0.05, 0.1) is 0 Å². The zero-order chi connectivity index (χ0) is 14.6. The van der Waals surface area contributed by atoms with Gasteiger partial charge in [0.2, 0.25) is 5.91 Å². The number of hydrogen-bond acceptors (Lipinski definition) is 2. The Morgan fingerprint density at radius 3 is 2.50 bits per heavy atom. The van der Waals surface area contributed by atoms with Crippen LogP contribution in [0.15, 0.2) is 24.3 Å². The zero-order valence-corrected chi connectivity index (χ0v) is 11.0. The minimum absolute atomic E-state index is 0.0937. The van der Waals surface area contributed by atoms with Crippen molar-refractivity contribution in [3.05, 3.63) is 35.4 Å². The van der Waals surface area contributed by atoms with Crippen LogP contribution in [0.25, 0.3) is 0 Å². The van der Waals surface area contributed by atoms with Gasteiger partial charge in [0.1, 0.15) is 0 Å². The molecule has 110 valence electrons. The number of hydrogen-bond donors (Lipinski definition) is 2. The van der Waals surface area contributed by atoms with Crippen LogP contribution in [0.1, 0.15) is 36.4 Å². The molecule has 1 unspecified atom stereocenters. The fourth-order valence-corrected chi connectivity index (χ4v) is 1.90. The van der Waals surface area contributed by atoms with Gasteiger partial charge in [0, 0.05) is 32.0 Å². The maximum absolute atomic E-state index is 11.9. The first-order valence-corrected chi connectivity index (χ1v) is 6.60. The SMILES string of the molecule is O=C(CCCC(F)(F)F)NCc1ccc(C2CN2)cc1. The number of carbonyl (C=O) groups is 1. The number of nitrogens with one attached hydrogen (secondary N) is 2. The third-order valence-corrected chi connectivity index (χ3v) is 3.14. The van der Waals surface area contributed by atoms with E-state index in [1.807, 2.05) is 24.3 Å². The van der Waals surface area contributed by atoms with Gasteiger partial charge in [-0.1, -0.05) is 24.3 Å². The fraction of sp³-hybridized carbons (Fsp3) is 0.500. The number of rotatable bonds is 6. The molecule has 6 heteroatoms. The van der Waals surface area contributed by atoms with Gasteiger partial charge in [-0.05, 0) is 17.5 Å². The predicted octanol–water partition coefficient (Wildman–Crippen LogP) is 2.68. The van der Waals surface area contributed by atoms with Gasteiger partial charge in [-0.3, -0.25) is 4.79 Å². The van der Waals surface area contributed by atoms with E-state index < -0.39 is 12.6 Å². The van der Waals surface area contributed by atoms with E-state index in [2.05, 4.69) is 10.6 Å². The molecular weight excluding hydrogens is 269 g/mol. The molecule has 1 aromatic rings. The number of amides is 1. The van der Waals surface area contributed by atoms with E-state index in [0.29, 0.717) is 12.6 Å². The van der Waals surface area contributed by atoms with E-state index in [4.69, 9.17) is 0 Å². The summed E-state index contributed by atoms with van der Waals surface area (Å²) in [6.07, 6.45) is -5.36. The summed E-state index contributed by atoms with van der Waals surface area (Å²) in [5.41, 5.74) is 2.16. The molecule has 1 saturated heterocycles. The number of carbonyl (C=O) groups excluding carboxylic acids is 1. The monoisotopic (exact) mass is 286 g/mol. The summed E-state index contributed by atoms with van der Waals surface area (Å²) in [7, 11) is 0. The smallest absolute Gasteiger partial charge is 0.352 e. The Morgan fingerprint density at radius 1 is 1.30 bits per heavy atom. The molecular formula is C14H17F3N2O. The van der Waals surface area contributed by atoms with Crippen LogP contribution in [0.3, 0.4) is 0 Å². The van der Waals surface area contributed by atoms with Crippen molar-refractivity contribution in [2.24, 2.45) is 0 Å². The van der Waals surface area contributed by atoms with Gasteiger partial charge in [0.25, 0.3) is 0 Å². The van der Waals surface area contributed by atoms with Crippen LogP contribution in [0, 0.1) is 0 Å². The predicted molar refractivity (Wildman–Crippen MR) is 68.9 cm³/mol. The molecule has 1 atom stereocenters. The first kappa shape index (κ1) is 14.8. The van der Waals surface area contributed by atoms with Crippen molar-refractivity contribution in [2.75, 3.05) is 6.54 Å². The molecule has 0 aliphatic carbocycles. The Labute approximate surface area is 115 Å². The Balaban J connectivity index is 1.67. The third-order valence-electron chi connectivity index (χ3n) is 3.14. The maximum atomic E-state index is 11.9. The van der Waals surface area contributed by atoms with Crippen molar-refractivity contribution in [3.63, 3.8) is 0 Å². The molecule has 0 bridgehead atoms. The second-order valence-corrected chi connectivity index (χ2v) is 4.95. The molecule has 1 fully saturated rings. The van der Waals surface area contributed by atoms with Crippen molar-refractivity contribution in [3.8, 4) is 0 Å². The molecule has 0 radical (unpaired) electrons. The van der Waals surface area contributed by atoms with E-state index in [1.54, 1.807) is 0 Å². The lowest BCUT2D eigenvalue weighted by Gasteiger charge is -2.07. The molecule has 0 spiro atoms. The Bertz CT molecular complexity index is 452. The van der Waals surface area contributed by atoms with Gasteiger partial charge in [-0.15, -0.1) is 0 Å². The van der Waals surface area contributed by atoms with E-state index in [1.165, 1.54) is 5.56 Å². The lowest BCUT2D eigenvalue weighted by atomic mass is 10.1. The van der Waals surface area contributed by atoms with Crippen molar-refractivity contribution in [1.29, 1.82) is 0 Å². The largest absolute Gasteiger partial charge is 0.389 e. The van der Waals surface area contributed by atoms with Gasteiger partial charge in [-0.25, -0.2) is 0 Å². The highest BCUT2D eigenvalue weighted by molar-refractivity contribution is 5.75. The van der Waals surface area contributed by atoms with Crippen molar-refractivity contribution >= 4 is 5.91 Å². The van der Waals surface area contributed by atoms with Crippen molar-refractivity contribution < 1.29 is 18.0 Å². The van der Waals surface area contributed by atoms with Crippen LogP contribution in [0.2, 0.25) is 0 Å². The molecule has 2 N–H and O–H groups in total. The van der Waals surface area contributed by atoms with E-state index >= 15 is 0 Å². The van der Waals surface area contributed by atoms with E-state index in [9.17, 15) is 18.0 Å². The summed E-state index contributed by atoms with van der Waals surface area (Å²) in [6.45, 7) is 1.35. The lowest BCUT2D eigenvalue weighted by molar-refractivity contribution is -0.137. The summed E-state index contributed by atoms with van der Waals surface area (Å²) in [5, 5.41) is 5.82. The van der Waals surface area contributed by atoms with Crippen molar-refractivity contribution in [1.82, 2.24) is 10.6 Å². The number of alkyl halides is 3. The second kappa shape index (κ2) is 6.26. The highest BCUT2D eigenvalue weighted by Crippen LogP contribution is 2.22. The summed E-state index contributed by atoms with van der Waals surface area (Å²) in [5.74, 6) is -0.345. The maximum Gasteiger partial charge on any atom is 0.389 e. The molecule has 1 heterocycles. The average molecular weight is 286 g/mol. The van der Waals surface area contributed by atoms with Crippen LogP contribution >= 0.6 is 0 Å². The fourth-order valence-electron chi connectivity index (χ4n) is 1.90. The molecule has 1 aliphatic rings. The van der Waals surface area contributed by atoms with Crippen LogP contribution in [0.4, 0.5) is 13.2 Å². The summed E-state index contributed by atoms with van der Waals surface area (Å²) in [4.78, 5) is 11.4. The highest BCUT2D eigenvalue weighted by atomic mass is 19.4. The minimum Gasteiger partial charge on any atom is -0.352 e. The Hall–Kier alpha value is -1.56. The summed E-state index contributed by atoms with van der Waals surface area (Å²) in [6, 6.07) is 8.28. The zero-order valence-electron chi connectivity index (χ0n) is 11.0. The van der Waals surface area contributed by atoms with Crippen LogP contribution in [-0.2, 0) is 11.3 Å². The summed E-state index contributed by atoms with van der Waals surface area (Å²) < 4.78 is 35.8. The molecule has 2 rings (SSSR count). The topological polar surface area (TPSA) is 51.0 Å². The molecule has 1 amide bonds. The average Bonchev–Trinajstić information content (AvgIpc) is 3.20. The molecule has 20 heavy (non-hydrogen) atoms. The number of halogens is 3. The molecule has 0 aromatic heterocycles. The van der Waals surface area contributed by atoms with Gasteiger partial charge < -0.3 is 10.6 Å². The van der Waals surface area contributed by atoms with Crippen molar-refractivity contribution in [2.45, 2.75) is 38.0 Å². The number of benzene rings is 1. The molecule has 1 aromatic carbocycles. The quantitative estimate of drug-likeness (QED) is 0.790. The second-order valence-electron chi connectivity index (χ2n) is 4.95. The first-order valence-electron chi connectivity index (χ1n) is 6.60. The van der Waals surface area contributed by atoms with E-state index in [0.717, 1.165) is 12.1 Å². The van der Waals surface area contributed by atoms with Crippen LogP contribution < -0.4 is 10.6 Å². The normalized spacial score (nSPS) is 17.9. The summed E-state index contributed by atoms with van der Waals surface area (Å²) >= 11 is 0. The van der Waals surface area contributed by atoms with Crippen LogP contribution in [-0.4, -0.2) is 18.6 Å². The van der Waals surface area contributed by atoms with Gasteiger partial charge in [-0.2, -0.15) is 13.2 Å². The van der Waals surface area contributed by atoms with Gasteiger partial charge >= 0.3 is 6.18 Å². The Kier molecular flexibility index (Phi) is 4.65. The Morgan fingerprint density at radius 2 is 1.95 bits per heavy atom. The van der Waals surface area contributed by atoms with Crippen LogP contribution in [0.5, 0.6) is 0 Å². The first-order chi connectivity index (χ1) is 9.44. The molecule has 1 aliphatic heterocycles. The lowest BCUT2D eigenvalue weighted by Crippen LogP contribution is -2.23. The third kappa shape index (κ3) is 5.21. The molecule has 0 saturated carbocycles. The van der Waals surface area contributed by atoms with E-state index in [-0.39, 0.29) is 18.7 Å². The molecule has 3 nitrogen and oxygen atoms in total. The minimum atomic E-state index is -4.19. The van der Waals surface area contributed by atoms with Gasteiger partial charge in [0.15, 0.2) is 0 Å².